The van der Waals surface area contributed by atoms with Crippen LogP contribution >= 0.6 is 35.6 Å². The molecule has 1 rings (SSSR count). The molecule has 0 aliphatic heterocycles. The lowest BCUT2D eigenvalue weighted by atomic mass is 10.1. The van der Waals surface area contributed by atoms with Gasteiger partial charge in [0.25, 0.3) is 0 Å². The van der Waals surface area contributed by atoms with Gasteiger partial charge in [-0.3, -0.25) is 9.79 Å². The number of nitrogens with zero attached hydrogens (tertiary/aromatic N) is 1. The van der Waals surface area contributed by atoms with E-state index < -0.39 is 0 Å². The molecule has 0 saturated heterocycles. The minimum absolute atomic E-state index is 0. The maximum absolute atomic E-state index is 11.3. The van der Waals surface area contributed by atoms with Crippen LogP contribution in [0.1, 0.15) is 12.5 Å². The van der Waals surface area contributed by atoms with Crippen LogP contribution in [0.25, 0.3) is 0 Å². The van der Waals surface area contributed by atoms with Crippen LogP contribution in [-0.4, -0.2) is 39.2 Å². The maximum Gasteiger partial charge on any atom is 0.310 e. The smallest absolute Gasteiger partial charge is 0.310 e. The van der Waals surface area contributed by atoms with Crippen LogP contribution in [-0.2, 0) is 16.0 Å². The molecule has 0 aliphatic rings. The lowest BCUT2D eigenvalue weighted by Crippen LogP contribution is -2.41. The first-order valence-electron chi connectivity index (χ1n) is 6.83. The maximum atomic E-state index is 11.3. The molecule has 7 heteroatoms. The average molecular weight is 440 g/mol. The second kappa shape index (κ2) is 11.5. The Kier molecular flexibility index (Phi) is 11.0. The van der Waals surface area contributed by atoms with Gasteiger partial charge in [0.1, 0.15) is 0 Å². The molecule has 0 radical (unpaired) electrons. The molecule has 0 bridgehead atoms. The second-order valence-corrected chi connectivity index (χ2v) is 5.12. The Morgan fingerprint density at radius 3 is 2.50 bits per heavy atom. The molecular weight excluding hydrogens is 417 g/mol. The number of carbonyl (C=O) groups excluding carboxylic acids is 1. The van der Waals surface area contributed by atoms with Crippen LogP contribution in [0.3, 0.4) is 0 Å². The van der Waals surface area contributed by atoms with Gasteiger partial charge >= 0.3 is 5.97 Å². The number of hydrogen-bond acceptors (Lipinski definition) is 3. The van der Waals surface area contributed by atoms with Gasteiger partial charge < -0.3 is 15.4 Å². The summed E-state index contributed by atoms with van der Waals surface area (Å²) in [5, 5.41) is 7.03. The summed E-state index contributed by atoms with van der Waals surface area (Å²) in [7, 11) is 3.08. The van der Waals surface area contributed by atoms with Gasteiger partial charge in [-0.1, -0.05) is 30.7 Å². The number of carbonyl (C=O) groups is 1. The van der Waals surface area contributed by atoms with E-state index in [1.165, 1.54) is 12.7 Å². The predicted octanol–water partition coefficient (Wildman–Crippen LogP) is 2.47. The molecule has 1 aromatic carbocycles. The Bertz CT molecular complexity index is 480. The summed E-state index contributed by atoms with van der Waals surface area (Å²) in [5.74, 6) is 0.212. The van der Waals surface area contributed by atoms with Crippen molar-refractivity contribution in [1.29, 1.82) is 0 Å². The van der Waals surface area contributed by atoms with Gasteiger partial charge in [-0.25, -0.2) is 0 Å². The summed E-state index contributed by atoms with van der Waals surface area (Å²) in [6.45, 7) is 3.03. The van der Waals surface area contributed by atoms with Gasteiger partial charge in [0.05, 0.1) is 13.0 Å². The average Bonchev–Trinajstić information content (AvgIpc) is 2.51. The van der Waals surface area contributed by atoms with E-state index >= 15 is 0 Å². The minimum atomic E-state index is -0.237. The molecule has 22 heavy (non-hydrogen) atoms. The van der Waals surface area contributed by atoms with Gasteiger partial charge in [-0.05, 0) is 24.1 Å². The highest BCUT2D eigenvalue weighted by Gasteiger charge is 2.13. The van der Waals surface area contributed by atoms with Gasteiger partial charge in [0.2, 0.25) is 0 Å². The third-order valence-corrected chi connectivity index (χ3v) is 3.27. The van der Waals surface area contributed by atoms with E-state index in [1.807, 2.05) is 24.3 Å². The molecule has 1 aromatic rings. The Hall–Kier alpha value is -1.02. The van der Waals surface area contributed by atoms with E-state index in [9.17, 15) is 4.79 Å². The van der Waals surface area contributed by atoms with E-state index in [2.05, 4.69) is 20.4 Å². The Labute approximate surface area is 153 Å². The number of rotatable bonds is 6. The number of benzene rings is 1. The molecule has 5 nitrogen and oxygen atoms in total. The molecule has 124 valence electrons. The van der Waals surface area contributed by atoms with Gasteiger partial charge in [-0.2, -0.15) is 0 Å². The van der Waals surface area contributed by atoms with E-state index in [0.29, 0.717) is 12.5 Å². The summed E-state index contributed by atoms with van der Waals surface area (Å²) in [5.41, 5.74) is 1.20. The van der Waals surface area contributed by atoms with Crippen LogP contribution in [0.4, 0.5) is 0 Å². The third kappa shape index (κ3) is 7.84. The third-order valence-electron chi connectivity index (χ3n) is 3.02. The van der Waals surface area contributed by atoms with Gasteiger partial charge in [0.15, 0.2) is 5.96 Å². The number of methoxy groups -OCH3 is 1. The van der Waals surface area contributed by atoms with Crippen molar-refractivity contribution in [2.45, 2.75) is 13.3 Å². The molecule has 0 amide bonds. The summed E-state index contributed by atoms with van der Waals surface area (Å²) >= 11 is 5.84. The fourth-order valence-corrected chi connectivity index (χ4v) is 1.86. The van der Waals surface area contributed by atoms with Crippen LogP contribution in [0.5, 0.6) is 0 Å². The molecule has 1 atom stereocenters. The van der Waals surface area contributed by atoms with Gasteiger partial charge in [-0.15, -0.1) is 24.0 Å². The Morgan fingerprint density at radius 1 is 1.32 bits per heavy atom. The topological polar surface area (TPSA) is 62.7 Å². The molecule has 1 unspecified atom stereocenters. The number of halogens is 2. The largest absolute Gasteiger partial charge is 0.469 e. The second-order valence-electron chi connectivity index (χ2n) is 4.68. The Morgan fingerprint density at radius 2 is 1.95 bits per heavy atom. The number of esters is 1. The van der Waals surface area contributed by atoms with E-state index in [0.717, 1.165) is 18.0 Å². The molecule has 0 spiro atoms. The first-order chi connectivity index (χ1) is 10.1. The number of nitrogens with one attached hydrogen (secondary N) is 2. The molecule has 0 saturated carbocycles. The summed E-state index contributed by atoms with van der Waals surface area (Å²) in [6.07, 6.45) is 0.866. The van der Waals surface area contributed by atoms with Crippen molar-refractivity contribution in [3.05, 3.63) is 34.9 Å². The van der Waals surface area contributed by atoms with Crippen molar-refractivity contribution in [1.82, 2.24) is 10.6 Å². The molecule has 2 N–H and O–H groups in total. The zero-order valence-corrected chi connectivity index (χ0v) is 16.1. The highest BCUT2D eigenvalue weighted by atomic mass is 127. The molecule has 0 aliphatic carbocycles. The molecule has 0 aromatic heterocycles. The first-order valence-corrected chi connectivity index (χ1v) is 7.21. The van der Waals surface area contributed by atoms with E-state index in [4.69, 9.17) is 11.6 Å². The number of guanidine groups is 1. The normalized spacial score (nSPS) is 12.1. The minimum Gasteiger partial charge on any atom is -0.469 e. The number of hydrogen-bond donors (Lipinski definition) is 2. The highest BCUT2D eigenvalue weighted by molar-refractivity contribution is 14.0. The summed E-state index contributed by atoms with van der Waals surface area (Å²) < 4.78 is 4.68. The Balaban J connectivity index is 0.00000441. The standard InChI is InChI=1S/C15H22ClN3O2.HI/c1-11(14(20)21-3)10-19-15(17-2)18-9-8-12-4-6-13(16)7-5-12;/h4-7,11H,8-10H2,1-3H3,(H2,17,18,19);1H. The van der Waals surface area contributed by atoms with E-state index in [-0.39, 0.29) is 35.9 Å². The predicted molar refractivity (Wildman–Crippen MR) is 101 cm³/mol. The number of aliphatic imine (C=N–C) groups is 1. The number of ether oxygens (including phenoxy) is 1. The molecule has 0 fully saturated rings. The molecule has 0 heterocycles. The van der Waals surface area contributed by atoms with Crippen molar-refractivity contribution >= 4 is 47.5 Å². The van der Waals surface area contributed by atoms with E-state index in [1.54, 1.807) is 14.0 Å². The lowest BCUT2D eigenvalue weighted by Gasteiger charge is -2.14. The fraction of sp³-hybridized carbons (Fsp3) is 0.467. The monoisotopic (exact) mass is 439 g/mol. The zero-order chi connectivity index (χ0) is 15.7. The quantitative estimate of drug-likeness (QED) is 0.309. The van der Waals surface area contributed by atoms with Crippen molar-refractivity contribution < 1.29 is 9.53 Å². The first kappa shape index (κ1) is 21.0. The van der Waals surface area contributed by atoms with Crippen LogP contribution in [0.2, 0.25) is 5.02 Å². The van der Waals surface area contributed by atoms with Crippen molar-refractivity contribution in [3.63, 3.8) is 0 Å². The van der Waals surface area contributed by atoms with Gasteiger partial charge in [0, 0.05) is 25.2 Å². The van der Waals surface area contributed by atoms with Crippen LogP contribution in [0, 0.1) is 5.92 Å². The molecular formula is C15H23ClIN3O2. The van der Waals surface area contributed by atoms with Crippen LogP contribution < -0.4 is 10.6 Å². The summed E-state index contributed by atoms with van der Waals surface area (Å²) in [6, 6.07) is 7.75. The zero-order valence-electron chi connectivity index (χ0n) is 13.1. The van der Waals surface area contributed by atoms with Crippen molar-refractivity contribution in [2.75, 3.05) is 27.2 Å². The fourth-order valence-electron chi connectivity index (χ4n) is 1.73. The van der Waals surface area contributed by atoms with Crippen LogP contribution in [0.15, 0.2) is 29.3 Å². The summed E-state index contributed by atoms with van der Waals surface area (Å²) in [4.78, 5) is 15.4. The van der Waals surface area contributed by atoms with Crippen molar-refractivity contribution in [3.8, 4) is 0 Å². The highest BCUT2D eigenvalue weighted by Crippen LogP contribution is 2.09. The van der Waals surface area contributed by atoms with Crippen molar-refractivity contribution in [2.24, 2.45) is 10.9 Å². The lowest BCUT2D eigenvalue weighted by molar-refractivity contribution is -0.144. The SMILES string of the molecule is CN=C(NCCc1ccc(Cl)cc1)NCC(C)C(=O)OC.I.